The molecule has 200 valence electrons. The second kappa shape index (κ2) is 13.5. The van der Waals surface area contributed by atoms with Gasteiger partial charge in [-0.05, 0) is 49.5 Å². The number of para-hydroxylation sites is 2. The maximum absolute atomic E-state index is 13.9. The summed E-state index contributed by atoms with van der Waals surface area (Å²) in [6, 6.07) is 20.9. The van der Waals surface area contributed by atoms with Crippen molar-refractivity contribution in [2.75, 3.05) is 23.4 Å². The van der Waals surface area contributed by atoms with Gasteiger partial charge >= 0.3 is 5.91 Å². The number of nitrogens with zero attached hydrogens (tertiary/aromatic N) is 2. The Morgan fingerprint density at radius 3 is 2.00 bits per heavy atom. The number of hydrazine groups is 1. The summed E-state index contributed by atoms with van der Waals surface area (Å²) in [5.41, 5.74) is 2.52. The number of hydrogen-bond donors (Lipinski definition) is 4. The van der Waals surface area contributed by atoms with Crippen LogP contribution in [0.4, 0.5) is 17.1 Å². The minimum atomic E-state index is -1.77. The average molecular weight is 576 g/mol. The summed E-state index contributed by atoms with van der Waals surface area (Å²) in [6.45, 7) is 7.70. The van der Waals surface area contributed by atoms with Gasteiger partial charge in [0.1, 0.15) is 5.69 Å². The van der Waals surface area contributed by atoms with Crippen molar-refractivity contribution in [1.29, 1.82) is 0 Å². The van der Waals surface area contributed by atoms with Crippen molar-refractivity contribution >= 4 is 69.5 Å². The van der Waals surface area contributed by atoms with Crippen molar-refractivity contribution < 1.29 is 9.59 Å². The molecule has 1 fully saturated rings. The van der Waals surface area contributed by atoms with Gasteiger partial charge < -0.3 is 16.0 Å². The summed E-state index contributed by atoms with van der Waals surface area (Å²) in [5, 5.41) is 10.7. The van der Waals surface area contributed by atoms with E-state index < -0.39 is 17.5 Å². The van der Waals surface area contributed by atoms with Gasteiger partial charge in [0.25, 0.3) is 5.66 Å². The van der Waals surface area contributed by atoms with Gasteiger partial charge in [0.2, 0.25) is 5.91 Å². The van der Waals surface area contributed by atoms with Crippen molar-refractivity contribution in [2.45, 2.75) is 26.4 Å². The van der Waals surface area contributed by atoms with E-state index in [-0.39, 0.29) is 21.6 Å². The van der Waals surface area contributed by atoms with Gasteiger partial charge in [-0.1, -0.05) is 85.0 Å². The number of anilines is 2. The monoisotopic (exact) mass is 574 g/mol. The van der Waals surface area contributed by atoms with E-state index in [0.717, 1.165) is 18.1 Å². The van der Waals surface area contributed by atoms with Crippen molar-refractivity contribution in [2.24, 2.45) is 4.99 Å². The van der Waals surface area contributed by atoms with Crippen molar-refractivity contribution in [1.82, 2.24) is 16.1 Å². The summed E-state index contributed by atoms with van der Waals surface area (Å²) in [7, 11) is 0. The highest BCUT2D eigenvalue weighted by molar-refractivity contribution is 6.43. The second-order valence-corrected chi connectivity index (χ2v) is 9.40. The van der Waals surface area contributed by atoms with Crippen LogP contribution < -0.4 is 26.4 Å². The van der Waals surface area contributed by atoms with Crippen molar-refractivity contribution in [3.8, 4) is 0 Å². The number of hydrogen-bond acceptors (Lipinski definition) is 5. The Bertz CT molecular complexity index is 1270. The lowest BCUT2D eigenvalue weighted by Gasteiger charge is -2.29. The Hall–Kier alpha value is -3.30. The molecule has 8 nitrogen and oxygen atoms in total. The van der Waals surface area contributed by atoms with E-state index in [2.05, 4.69) is 40.2 Å². The van der Waals surface area contributed by atoms with Crippen molar-refractivity contribution in [3.63, 3.8) is 0 Å². The Morgan fingerprint density at radius 1 is 0.947 bits per heavy atom. The van der Waals surface area contributed by atoms with Gasteiger partial charge in [-0.15, -0.1) is 0 Å². The second-order valence-electron chi connectivity index (χ2n) is 8.15. The van der Waals surface area contributed by atoms with Crippen LogP contribution in [-0.4, -0.2) is 36.4 Å². The molecule has 0 aliphatic carbocycles. The minimum Gasteiger partial charge on any atom is -0.349 e. The summed E-state index contributed by atoms with van der Waals surface area (Å²) >= 11 is 18.8. The third-order valence-electron chi connectivity index (χ3n) is 5.27. The molecule has 4 N–H and O–H groups in total. The number of nitrogens with one attached hydrogen (secondary N) is 4. The van der Waals surface area contributed by atoms with Crippen LogP contribution in [0.5, 0.6) is 0 Å². The predicted octanol–water partition coefficient (Wildman–Crippen LogP) is 5.79. The Kier molecular flexibility index (Phi) is 10.4. The van der Waals surface area contributed by atoms with Gasteiger partial charge in [0.05, 0.1) is 15.7 Å². The molecule has 0 saturated carbocycles. The Labute approximate surface area is 237 Å². The molecule has 1 unspecified atom stereocenters. The topological polar surface area (TPSA) is 97.9 Å². The lowest BCUT2D eigenvalue weighted by atomic mass is 10.1. The standard InChI is InChI=1S/C23H18Cl3N5O2.C4H11N/c1-14(32)28-23(29-17-10-6-3-7-11-17)21(27-16-8-4-2-5-9-16)30-31(22(23)33)20-18(25)12-15(24)13-19(20)26;1-3-5-4-2/h2-13,29H,1H3,(H,27,30)(H,28,32);5H,3-4H2,1-2H3. The summed E-state index contributed by atoms with van der Waals surface area (Å²) in [6.07, 6.45) is 0. The Morgan fingerprint density at radius 2 is 1.50 bits per heavy atom. The number of halogens is 3. The molecule has 38 heavy (non-hydrogen) atoms. The zero-order valence-electron chi connectivity index (χ0n) is 21.2. The van der Waals surface area contributed by atoms with Crippen LogP contribution in [0.15, 0.2) is 77.8 Å². The van der Waals surface area contributed by atoms with Crippen LogP contribution in [-0.2, 0) is 9.59 Å². The van der Waals surface area contributed by atoms with Gasteiger partial charge in [0.15, 0.2) is 5.84 Å². The molecule has 1 heterocycles. The van der Waals surface area contributed by atoms with Crippen LogP contribution in [0.3, 0.4) is 0 Å². The summed E-state index contributed by atoms with van der Waals surface area (Å²) in [4.78, 5) is 30.8. The fourth-order valence-corrected chi connectivity index (χ4v) is 4.65. The van der Waals surface area contributed by atoms with Crippen molar-refractivity contribution in [3.05, 3.63) is 87.9 Å². The molecule has 11 heteroatoms. The molecular formula is C27H29Cl3N6O2. The molecule has 3 aromatic rings. The first-order chi connectivity index (χ1) is 18.2. The maximum atomic E-state index is 13.9. The molecule has 0 spiro atoms. The third kappa shape index (κ3) is 6.96. The fourth-order valence-electron chi connectivity index (χ4n) is 3.66. The van der Waals surface area contributed by atoms with E-state index >= 15 is 0 Å². The highest BCUT2D eigenvalue weighted by atomic mass is 35.5. The number of carbonyl (C=O) groups is 2. The molecule has 1 aliphatic heterocycles. The Balaban J connectivity index is 0.000000732. The van der Waals surface area contributed by atoms with E-state index in [4.69, 9.17) is 34.8 Å². The highest BCUT2D eigenvalue weighted by Crippen LogP contribution is 2.39. The number of amides is 2. The molecule has 0 aromatic heterocycles. The number of benzene rings is 3. The quantitative estimate of drug-likeness (QED) is 0.268. The first-order valence-electron chi connectivity index (χ1n) is 11.9. The number of carbonyl (C=O) groups excluding carboxylic acids is 2. The van der Waals surface area contributed by atoms with Gasteiger partial charge in [-0.3, -0.25) is 15.0 Å². The largest absolute Gasteiger partial charge is 0.349 e. The molecule has 0 radical (unpaired) electrons. The number of rotatable bonds is 7. The first-order valence-corrected chi connectivity index (χ1v) is 13.1. The van der Waals surface area contributed by atoms with E-state index in [9.17, 15) is 9.59 Å². The third-order valence-corrected chi connectivity index (χ3v) is 6.06. The molecule has 2 amide bonds. The smallest absolute Gasteiger partial charge is 0.300 e. The average Bonchev–Trinajstić information content (AvgIpc) is 3.11. The van der Waals surface area contributed by atoms with E-state index in [1.807, 2.05) is 24.3 Å². The molecule has 0 bridgehead atoms. The van der Waals surface area contributed by atoms with Crippen LogP contribution in [0, 0.1) is 0 Å². The SMILES string of the molecule is CC(=O)NC1(Nc2ccccc2)C(=O)N(c2c(Cl)cc(Cl)cc2Cl)NC1=Nc1ccccc1.CCNCC. The molecule has 1 aliphatic rings. The summed E-state index contributed by atoms with van der Waals surface area (Å²) in [5.74, 6) is -0.924. The lowest BCUT2D eigenvalue weighted by molar-refractivity contribution is -0.126. The van der Waals surface area contributed by atoms with Crippen LogP contribution >= 0.6 is 34.8 Å². The number of amidine groups is 1. The van der Waals surface area contributed by atoms with Gasteiger partial charge in [-0.2, -0.15) is 0 Å². The predicted molar refractivity (Wildman–Crippen MR) is 156 cm³/mol. The molecular weight excluding hydrogens is 547 g/mol. The zero-order valence-corrected chi connectivity index (χ0v) is 23.5. The van der Waals surface area contributed by atoms with Gasteiger partial charge in [-0.25, -0.2) is 10.0 Å². The summed E-state index contributed by atoms with van der Waals surface area (Å²) < 4.78 is 0. The zero-order chi connectivity index (χ0) is 27.7. The van der Waals surface area contributed by atoms with Gasteiger partial charge in [0, 0.05) is 17.6 Å². The first kappa shape index (κ1) is 29.3. The van der Waals surface area contributed by atoms with Crippen LogP contribution in [0.2, 0.25) is 15.1 Å². The maximum Gasteiger partial charge on any atom is 0.300 e. The molecule has 4 rings (SSSR count). The highest BCUT2D eigenvalue weighted by Gasteiger charge is 2.55. The number of aliphatic imine (C=N–C) groups is 1. The fraction of sp³-hybridized carbons (Fsp3) is 0.222. The minimum absolute atomic E-state index is 0.125. The van der Waals surface area contributed by atoms with E-state index in [0.29, 0.717) is 16.4 Å². The lowest BCUT2D eigenvalue weighted by Crippen LogP contribution is -2.63. The molecule has 3 aromatic carbocycles. The van der Waals surface area contributed by atoms with E-state index in [1.165, 1.54) is 19.1 Å². The molecule has 1 atom stereocenters. The van der Waals surface area contributed by atoms with Crippen LogP contribution in [0.1, 0.15) is 20.8 Å². The van der Waals surface area contributed by atoms with Crippen LogP contribution in [0.25, 0.3) is 0 Å². The normalized spacial score (nSPS) is 17.5. The molecule has 1 saturated heterocycles. The van der Waals surface area contributed by atoms with E-state index in [1.54, 1.807) is 36.4 Å².